The lowest BCUT2D eigenvalue weighted by molar-refractivity contribution is 0.0438. The highest BCUT2D eigenvalue weighted by atomic mass is 35.5. The molecule has 0 aliphatic heterocycles. The van der Waals surface area contributed by atoms with Gasteiger partial charge in [0.2, 0.25) is 0 Å². The molecule has 1 saturated carbocycles. The second-order valence-corrected chi connectivity index (χ2v) is 5.65. The van der Waals surface area contributed by atoms with Crippen LogP contribution in [0.25, 0.3) is 0 Å². The third kappa shape index (κ3) is 4.56. The van der Waals surface area contributed by atoms with Gasteiger partial charge < -0.3 is 25.4 Å². The maximum absolute atomic E-state index is 9.64. The number of rotatable bonds is 6. The van der Waals surface area contributed by atoms with Crippen molar-refractivity contribution in [2.45, 2.75) is 31.6 Å². The van der Waals surface area contributed by atoms with Gasteiger partial charge in [-0.15, -0.1) is 12.4 Å². The standard InChI is InChI=1S/C15H23NO4.ClH/c1-20-12-4-2-11(3-5-12)8-16-9-15(10-17)6-13(18)14(19)7-15;/h2-5,13-14,16-19H,6-10H2,1H3;1H/t13-,14+,15?;. The second kappa shape index (κ2) is 7.96. The smallest absolute Gasteiger partial charge is 0.118 e. The minimum atomic E-state index is -0.732. The van der Waals surface area contributed by atoms with Crippen molar-refractivity contribution in [2.24, 2.45) is 5.41 Å². The van der Waals surface area contributed by atoms with E-state index in [1.807, 2.05) is 24.3 Å². The van der Waals surface area contributed by atoms with Crippen LogP contribution in [0.15, 0.2) is 24.3 Å². The number of methoxy groups -OCH3 is 1. The number of aliphatic hydroxyl groups is 3. The van der Waals surface area contributed by atoms with Crippen molar-refractivity contribution in [3.8, 4) is 5.75 Å². The number of hydrogen-bond acceptors (Lipinski definition) is 5. The highest BCUT2D eigenvalue weighted by molar-refractivity contribution is 5.85. The number of nitrogens with one attached hydrogen (secondary N) is 1. The van der Waals surface area contributed by atoms with Crippen molar-refractivity contribution in [2.75, 3.05) is 20.3 Å². The van der Waals surface area contributed by atoms with Crippen molar-refractivity contribution < 1.29 is 20.1 Å². The van der Waals surface area contributed by atoms with E-state index in [1.165, 1.54) is 0 Å². The summed E-state index contributed by atoms with van der Waals surface area (Å²) in [7, 11) is 1.63. The Morgan fingerprint density at radius 2 is 1.76 bits per heavy atom. The van der Waals surface area contributed by atoms with Crippen LogP contribution in [0, 0.1) is 5.41 Å². The third-order valence-corrected chi connectivity index (χ3v) is 4.05. The highest BCUT2D eigenvalue weighted by Crippen LogP contribution is 2.37. The SMILES string of the molecule is COc1ccc(CNCC2(CO)C[C@@H](O)[C@@H](O)C2)cc1.Cl. The largest absolute Gasteiger partial charge is 0.497 e. The van der Waals surface area contributed by atoms with E-state index >= 15 is 0 Å². The van der Waals surface area contributed by atoms with Crippen molar-refractivity contribution in [3.63, 3.8) is 0 Å². The molecule has 5 nitrogen and oxygen atoms in total. The summed E-state index contributed by atoms with van der Waals surface area (Å²) in [5.74, 6) is 0.822. The molecule has 1 aromatic rings. The van der Waals surface area contributed by atoms with Gasteiger partial charge in [0.25, 0.3) is 0 Å². The fourth-order valence-electron chi connectivity index (χ4n) is 2.79. The van der Waals surface area contributed by atoms with Gasteiger partial charge in [-0.25, -0.2) is 0 Å². The van der Waals surface area contributed by atoms with Crippen molar-refractivity contribution in [1.29, 1.82) is 0 Å². The molecule has 120 valence electrons. The van der Waals surface area contributed by atoms with Gasteiger partial charge >= 0.3 is 0 Å². The average molecular weight is 318 g/mol. The van der Waals surface area contributed by atoms with Crippen LogP contribution in [0.4, 0.5) is 0 Å². The lowest BCUT2D eigenvalue weighted by Crippen LogP contribution is -2.35. The molecule has 2 rings (SSSR count). The van der Waals surface area contributed by atoms with Crippen LogP contribution in [0.5, 0.6) is 5.75 Å². The Morgan fingerprint density at radius 1 is 1.19 bits per heavy atom. The zero-order chi connectivity index (χ0) is 14.6. The van der Waals surface area contributed by atoms with E-state index in [-0.39, 0.29) is 19.0 Å². The maximum atomic E-state index is 9.64. The predicted molar refractivity (Wildman–Crippen MR) is 82.7 cm³/mol. The molecule has 0 radical (unpaired) electrons. The third-order valence-electron chi connectivity index (χ3n) is 4.05. The van der Waals surface area contributed by atoms with Gasteiger partial charge in [0, 0.05) is 18.5 Å². The van der Waals surface area contributed by atoms with Gasteiger partial charge in [-0.3, -0.25) is 0 Å². The number of benzene rings is 1. The zero-order valence-corrected chi connectivity index (χ0v) is 13.0. The first-order valence-electron chi connectivity index (χ1n) is 6.89. The molecule has 1 aliphatic rings. The summed E-state index contributed by atoms with van der Waals surface area (Å²) >= 11 is 0. The number of aliphatic hydroxyl groups excluding tert-OH is 3. The Morgan fingerprint density at radius 3 is 2.24 bits per heavy atom. The average Bonchev–Trinajstić information content (AvgIpc) is 2.75. The van der Waals surface area contributed by atoms with Crippen LogP contribution in [-0.4, -0.2) is 47.8 Å². The molecule has 0 bridgehead atoms. The maximum Gasteiger partial charge on any atom is 0.118 e. The number of ether oxygens (including phenoxy) is 1. The molecular formula is C15H24ClNO4. The molecule has 1 unspecified atom stereocenters. The minimum absolute atomic E-state index is 0. The fourth-order valence-corrected chi connectivity index (χ4v) is 2.79. The molecular weight excluding hydrogens is 294 g/mol. The Hall–Kier alpha value is -0.850. The molecule has 4 N–H and O–H groups in total. The van der Waals surface area contributed by atoms with E-state index in [4.69, 9.17) is 4.74 Å². The quantitative estimate of drug-likeness (QED) is 0.621. The monoisotopic (exact) mass is 317 g/mol. The molecule has 21 heavy (non-hydrogen) atoms. The Balaban J connectivity index is 0.00000220. The molecule has 1 aliphatic carbocycles. The fraction of sp³-hybridized carbons (Fsp3) is 0.600. The predicted octanol–water partition coefficient (Wildman–Crippen LogP) is 0.701. The summed E-state index contributed by atoms with van der Waals surface area (Å²) in [4.78, 5) is 0. The van der Waals surface area contributed by atoms with E-state index in [1.54, 1.807) is 7.11 Å². The van der Waals surface area contributed by atoms with Gasteiger partial charge in [0.15, 0.2) is 0 Å². The molecule has 0 aromatic heterocycles. The molecule has 1 aromatic carbocycles. The summed E-state index contributed by atoms with van der Waals surface area (Å²) in [5, 5.41) is 32.1. The van der Waals surface area contributed by atoms with Crippen LogP contribution in [-0.2, 0) is 6.54 Å². The number of halogens is 1. The van der Waals surface area contributed by atoms with E-state index in [2.05, 4.69) is 5.32 Å². The highest BCUT2D eigenvalue weighted by Gasteiger charge is 2.43. The van der Waals surface area contributed by atoms with Gasteiger partial charge in [-0.1, -0.05) is 12.1 Å². The number of hydrogen-bond donors (Lipinski definition) is 4. The molecule has 0 amide bonds. The van der Waals surface area contributed by atoms with Crippen molar-refractivity contribution in [3.05, 3.63) is 29.8 Å². The summed E-state index contributed by atoms with van der Waals surface area (Å²) in [5.41, 5.74) is 0.698. The summed E-state index contributed by atoms with van der Waals surface area (Å²) < 4.78 is 5.10. The lowest BCUT2D eigenvalue weighted by atomic mass is 9.87. The lowest BCUT2D eigenvalue weighted by Gasteiger charge is -2.26. The molecule has 1 fully saturated rings. The van der Waals surface area contributed by atoms with E-state index in [9.17, 15) is 15.3 Å². The topological polar surface area (TPSA) is 82.0 Å². The second-order valence-electron chi connectivity index (χ2n) is 5.65. The Bertz CT molecular complexity index is 416. The first-order valence-corrected chi connectivity index (χ1v) is 6.89. The van der Waals surface area contributed by atoms with E-state index in [0.29, 0.717) is 25.9 Å². The van der Waals surface area contributed by atoms with Crippen LogP contribution in [0.2, 0.25) is 0 Å². The van der Waals surface area contributed by atoms with Crippen molar-refractivity contribution in [1.82, 2.24) is 5.32 Å². The first-order chi connectivity index (χ1) is 9.58. The normalized spacial score (nSPS) is 28.2. The molecule has 6 heteroatoms. The van der Waals surface area contributed by atoms with Gasteiger partial charge in [0.05, 0.1) is 25.9 Å². The summed E-state index contributed by atoms with van der Waals surface area (Å²) in [6.07, 6.45) is -0.601. The van der Waals surface area contributed by atoms with E-state index in [0.717, 1.165) is 11.3 Å². The van der Waals surface area contributed by atoms with Crippen LogP contribution in [0.1, 0.15) is 18.4 Å². The molecule has 0 heterocycles. The summed E-state index contributed by atoms with van der Waals surface area (Å²) in [6, 6.07) is 7.77. The molecule has 3 atom stereocenters. The van der Waals surface area contributed by atoms with Crippen LogP contribution in [0.3, 0.4) is 0 Å². The molecule has 0 spiro atoms. The van der Waals surface area contributed by atoms with Gasteiger partial charge in [-0.2, -0.15) is 0 Å². The first kappa shape index (κ1) is 18.2. The van der Waals surface area contributed by atoms with Gasteiger partial charge in [0.1, 0.15) is 5.75 Å². The zero-order valence-electron chi connectivity index (χ0n) is 12.2. The van der Waals surface area contributed by atoms with Crippen LogP contribution >= 0.6 is 12.4 Å². The summed E-state index contributed by atoms with van der Waals surface area (Å²) in [6.45, 7) is 1.22. The Labute approximate surface area is 131 Å². The minimum Gasteiger partial charge on any atom is -0.497 e. The van der Waals surface area contributed by atoms with E-state index < -0.39 is 17.6 Å². The van der Waals surface area contributed by atoms with Crippen LogP contribution < -0.4 is 10.1 Å². The van der Waals surface area contributed by atoms with Crippen molar-refractivity contribution >= 4 is 12.4 Å². The Kier molecular flexibility index (Phi) is 6.90. The molecule has 0 saturated heterocycles. The van der Waals surface area contributed by atoms with Gasteiger partial charge in [-0.05, 0) is 30.5 Å².